The summed E-state index contributed by atoms with van der Waals surface area (Å²) in [7, 11) is 0. The molecule has 0 saturated carbocycles. The quantitative estimate of drug-likeness (QED) is 0.609. The normalized spacial score (nSPS) is 10.5. The third-order valence-electron chi connectivity index (χ3n) is 3.05. The highest BCUT2D eigenvalue weighted by molar-refractivity contribution is 8.93. The summed E-state index contributed by atoms with van der Waals surface area (Å²) >= 11 is 7.40. The smallest absolute Gasteiger partial charge is 0.311 e. The van der Waals surface area contributed by atoms with Crippen LogP contribution < -0.4 is 0 Å². The minimum absolute atomic E-state index is 0. The number of halogens is 2. The SMILES string of the molecule is Br.CCOC(=O)Cc1csc2nc(-c3ccc(Cl)cc3)cn12. The van der Waals surface area contributed by atoms with Crippen LogP contribution in [0.3, 0.4) is 0 Å². The van der Waals surface area contributed by atoms with Gasteiger partial charge < -0.3 is 4.74 Å². The first-order valence-electron chi connectivity index (χ1n) is 6.54. The zero-order valence-corrected chi connectivity index (χ0v) is 15.1. The van der Waals surface area contributed by atoms with Crippen molar-refractivity contribution >= 4 is 50.8 Å². The molecule has 0 bridgehead atoms. The number of nitrogens with zero attached hydrogens (tertiary/aromatic N) is 2. The lowest BCUT2D eigenvalue weighted by molar-refractivity contribution is -0.142. The van der Waals surface area contributed by atoms with Crippen LogP contribution >= 0.6 is 39.9 Å². The van der Waals surface area contributed by atoms with Gasteiger partial charge in [0, 0.05) is 27.9 Å². The first-order valence-corrected chi connectivity index (χ1v) is 7.80. The lowest BCUT2D eigenvalue weighted by Gasteiger charge is -2.00. The minimum atomic E-state index is -0.223. The van der Waals surface area contributed by atoms with Gasteiger partial charge in [0.1, 0.15) is 0 Å². The molecule has 0 saturated heterocycles. The molecule has 3 aromatic rings. The summed E-state index contributed by atoms with van der Waals surface area (Å²) in [5.74, 6) is -0.223. The Kier molecular flexibility index (Phi) is 5.61. The number of hydrogen-bond acceptors (Lipinski definition) is 4. The van der Waals surface area contributed by atoms with Gasteiger partial charge in [-0.05, 0) is 19.1 Å². The van der Waals surface area contributed by atoms with Crippen molar-refractivity contribution in [2.45, 2.75) is 13.3 Å². The number of thiazole rings is 1. The van der Waals surface area contributed by atoms with Crippen LogP contribution in [-0.4, -0.2) is 22.0 Å². The molecule has 2 heterocycles. The number of aromatic nitrogens is 2. The van der Waals surface area contributed by atoms with Gasteiger partial charge in [0.15, 0.2) is 4.96 Å². The molecular formula is C15H14BrClN2O2S. The monoisotopic (exact) mass is 400 g/mol. The molecule has 0 spiro atoms. The van der Waals surface area contributed by atoms with Gasteiger partial charge in [0.05, 0.1) is 18.7 Å². The molecule has 0 aliphatic carbocycles. The van der Waals surface area contributed by atoms with Crippen molar-refractivity contribution < 1.29 is 9.53 Å². The van der Waals surface area contributed by atoms with Gasteiger partial charge >= 0.3 is 5.97 Å². The maximum atomic E-state index is 11.6. The molecule has 0 aliphatic heterocycles. The van der Waals surface area contributed by atoms with Crippen molar-refractivity contribution in [2.75, 3.05) is 6.61 Å². The molecule has 0 aliphatic rings. The van der Waals surface area contributed by atoms with E-state index in [1.807, 2.05) is 40.2 Å². The van der Waals surface area contributed by atoms with Crippen molar-refractivity contribution in [3.8, 4) is 11.3 Å². The Bertz CT molecular complexity index is 783. The fourth-order valence-corrected chi connectivity index (χ4v) is 3.08. The molecular weight excluding hydrogens is 388 g/mol. The largest absolute Gasteiger partial charge is 0.466 e. The zero-order chi connectivity index (χ0) is 14.8. The lowest BCUT2D eigenvalue weighted by Crippen LogP contribution is -2.08. The number of carbonyl (C=O) groups is 1. The molecule has 7 heteroatoms. The Labute approximate surface area is 147 Å². The van der Waals surface area contributed by atoms with Crippen LogP contribution in [0.2, 0.25) is 5.02 Å². The van der Waals surface area contributed by atoms with Gasteiger partial charge in [-0.2, -0.15) is 0 Å². The topological polar surface area (TPSA) is 43.6 Å². The summed E-state index contributed by atoms with van der Waals surface area (Å²) in [6, 6.07) is 7.54. The molecule has 0 fully saturated rings. The molecule has 1 aromatic carbocycles. The molecule has 116 valence electrons. The van der Waals surface area contributed by atoms with E-state index in [0.29, 0.717) is 11.6 Å². The first kappa shape index (κ1) is 17.0. The Hall–Kier alpha value is -1.37. The molecule has 0 radical (unpaired) electrons. The summed E-state index contributed by atoms with van der Waals surface area (Å²) in [5.41, 5.74) is 2.75. The van der Waals surface area contributed by atoms with E-state index in [1.54, 1.807) is 6.92 Å². The van der Waals surface area contributed by atoms with Crippen LogP contribution in [0.5, 0.6) is 0 Å². The molecule has 0 unspecified atom stereocenters. The van der Waals surface area contributed by atoms with E-state index < -0.39 is 0 Å². The number of imidazole rings is 1. The minimum Gasteiger partial charge on any atom is -0.466 e. The van der Waals surface area contributed by atoms with Gasteiger partial charge in [-0.1, -0.05) is 23.7 Å². The van der Waals surface area contributed by atoms with Crippen LogP contribution in [0.25, 0.3) is 16.2 Å². The standard InChI is InChI=1S/C15H13ClN2O2S.BrH/c1-2-20-14(19)7-12-9-21-15-17-13(8-18(12)15)10-3-5-11(16)6-4-10;/h3-6,8-9H,2,7H2,1H3;1H. The maximum Gasteiger partial charge on any atom is 0.311 e. The van der Waals surface area contributed by atoms with E-state index in [2.05, 4.69) is 4.98 Å². The number of benzene rings is 1. The Morgan fingerprint density at radius 3 is 2.77 bits per heavy atom. The second kappa shape index (κ2) is 7.26. The Morgan fingerprint density at radius 1 is 1.36 bits per heavy atom. The van der Waals surface area contributed by atoms with Gasteiger partial charge in [-0.15, -0.1) is 28.3 Å². The highest BCUT2D eigenvalue weighted by atomic mass is 79.9. The van der Waals surface area contributed by atoms with Crippen molar-refractivity contribution in [1.29, 1.82) is 0 Å². The van der Waals surface area contributed by atoms with Crippen LogP contribution in [0.1, 0.15) is 12.6 Å². The van der Waals surface area contributed by atoms with Crippen molar-refractivity contribution in [1.82, 2.24) is 9.38 Å². The Balaban J connectivity index is 0.00000176. The summed E-state index contributed by atoms with van der Waals surface area (Å²) in [4.78, 5) is 17.0. The second-order valence-corrected chi connectivity index (χ2v) is 5.77. The first-order chi connectivity index (χ1) is 10.2. The molecule has 4 nitrogen and oxygen atoms in total. The lowest BCUT2D eigenvalue weighted by atomic mass is 10.2. The number of ether oxygens (including phenoxy) is 1. The van der Waals surface area contributed by atoms with Crippen LogP contribution in [0, 0.1) is 0 Å². The number of carbonyl (C=O) groups excluding carboxylic acids is 1. The fourth-order valence-electron chi connectivity index (χ4n) is 2.08. The molecule has 3 rings (SSSR count). The average Bonchev–Trinajstić information content (AvgIpc) is 3.02. The van der Waals surface area contributed by atoms with Gasteiger partial charge in [0.25, 0.3) is 0 Å². The third-order valence-corrected chi connectivity index (χ3v) is 4.19. The summed E-state index contributed by atoms with van der Waals surface area (Å²) in [6.07, 6.45) is 2.19. The van der Waals surface area contributed by atoms with Crippen LogP contribution in [-0.2, 0) is 16.0 Å². The van der Waals surface area contributed by atoms with Crippen molar-refractivity contribution in [2.24, 2.45) is 0 Å². The highest BCUT2D eigenvalue weighted by Crippen LogP contribution is 2.25. The predicted octanol–water partition coefficient (Wildman–Crippen LogP) is 4.40. The van der Waals surface area contributed by atoms with Crippen molar-refractivity contribution in [3.05, 3.63) is 46.6 Å². The molecule has 0 amide bonds. The number of rotatable bonds is 4. The molecule has 0 N–H and O–H groups in total. The van der Waals surface area contributed by atoms with E-state index in [0.717, 1.165) is 21.9 Å². The summed E-state index contributed by atoms with van der Waals surface area (Å²) in [5, 5.41) is 2.63. The van der Waals surface area contributed by atoms with Crippen molar-refractivity contribution in [3.63, 3.8) is 0 Å². The van der Waals surface area contributed by atoms with E-state index >= 15 is 0 Å². The van der Waals surface area contributed by atoms with E-state index in [9.17, 15) is 4.79 Å². The maximum absolute atomic E-state index is 11.6. The second-order valence-electron chi connectivity index (χ2n) is 4.49. The zero-order valence-electron chi connectivity index (χ0n) is 11.8. The predicted molar refractivity (Wildman–Crippen MR) is 94.2 cm³/mol. The van der Waals surface area contributed by atoms with E-state index in [4.69, 9.17) is 16.3 Å². The van der Waals surface area contributed by atoms with E-state index in [1.165, 1.54) is 11.3 Å². The molecule has 0 atom stereocenters. The molecule has 22 heavy (non-hydrogen) atoms. The van der Waals surface area contributed by atoms with Gasteiger partial charge in [-0.3, -0.25) is 9.20 Å². The van der Waals surface area contributed by atoms with Crippen LogP contribution in [0.15, 0.2) is 35.8 Å². The number of fused-ring (bicyclic) bond motifs is 1. The number of hydrogen-bond donors (Lipinski definition) is 0. The van der Waals surface area contributed by atoms with Crippen LogP contribution in [0.4, 0.5) is 0 Å². The Morgan fingerprint density at radius 2 is 2.09 bits per heavy atom. The fraction of sp³-hybridized carbons (Fsp3) is 0.200. The third kappa shape index (κ3) is 3.51. The van der Waals surface area contributed by atoms with Gasteiger partial charge in [0.2, 0.25) is 0 Å². The average molecular weight is 402 g/mol. The summed E-state index contributed by atoms with van der Waals surface area (Å²) in [6.45, 7) is 2.20. The number of esters is 1. The summed E-state index contributed by atoms with van der Waals surface area (Å²) < 4.78 is 6.92. The molecule has 2 aromatic heterocycles. The van der Waals surface area contributed by atoms with E-state index in [-0.39, 0.29) is 29.4 Å². The van der Waals surface area contributed by atoms with Gasteiger partial charge in [-0.25, -0.2) is 4.98 Å². The highest BCUT2D eigenvalue weighted by Gasteiger charge is 2.12.